The summed E-state index contributed by atoms with van der Waals surface area (Å²) in [5, 5.41) is 2.53. The molecule has 1 aromatic rings. The standard InChI is InChI=1S/C8H12N4O/c9-5-6-1-3-7(4-2-6)11-8(13)12-10/h1-4H,5,9-10H2,(H2,11,12,13). The zero-order valence-electron chi connectivity index (χ0n) is 7.08. The summed E-state index contributed by atoms with van der Waals surface area (Å²) in [6.07, 6.45) is 0. The number of carbonyl (C=O) groups excluding carboxylic acids is 1. The SMILES string of the molecule is NCc1ccc(NC(=O)NN)cc1. The van der Waals surface area contributed by atoms with Gasteiger partial charge in [0.05, 0.1) is 0 Å². The fourth-order valence-corrected chi connectivity index (χ4v) is 0.891. The molecule has 0 aliphatic heterocycles. The molecule has 0 spiro atoms. The van der Waals surface area contributed by atoms with Gasteiger partial charge >= 0.3 is 6.03 Å². The van der Waals surface area contributed by atoms with Crippen molar-refractivity contribution in [3.8, 4) is 0 Å². The maximum Gasteiger partial charge on any atom is 0.333 e. The molecule has 13 heavy (non-hydrogen) atoms. The van der Waals surface area contributed by atoms with Gasteiger partial charge < -0.3 is 11.1 Å². The first-order valence-electron chi connectivity index (χ1n) is 3.83. The predicted octanol–water partition coefficient (Wildman–Crippen LogP) is 0.140. The van der Waals surface area contributed by atoms with Crippen LogP contribution in [0.3, 0.4) is 0 Å². The maximum absolute atomic E-state index is 10.8. The van der Waals surface area contributed by atoms with Crippen molar-refractivity contribution in [1.29, 1.82) is 0 Å². The van der Waals surface area contributed by atoms with Crippen LogP contribution in [0.4, 0.5) is 10.5 Å². The van der Waals surface area contributed by atoms with Crippen molar-refractivity contribution in [3.63, 3.8) is 0 Å². The molecule has 5 heteroatoms. The Labute approximate surface area is 76.1 Å². The number of nitrogens with one attached hydrogen (secondary N) is 2. The highest BCUT2D eigenvalue weighted by atomic mass is 16.2. The minimum absolute atomic E-state index is 0.444. The molecule has 0 heterocycles. The van der Waals surface area contributed by atoms with Crippen molar-refractivity contribution in [2.45, 2.75) is 6.54 Å². The van der Waals surface area contributed by atoms with Crippen LogP contribution in [0.2, 0.25) is 0 Å². The Bertz CT molecular complexity index is 283. The molecule has 0 unspecified atom stereocenters. The molecule has 0 radical (unpaired) electrons. The molecule has 0 fully saturated rings. The molecule has 5 nitrogen and oxygen atoms in total. The molecule has 0 atom stereocenters. The van der Waals surface area contributed by atoms with Gasteiger partial charge in [-0.05, 0) is 17.7 Å². The smallest absolute Gasteiger partial charge is 0.326 e. The first-order valence-corrected chi connectivity index (χ1v) is 3.83. The van der Waals surface area contributed by atoms with Crippen LogP contribution in [-0.2, 0) is 6.54 Å². The van der Waals surface area contributed by atoms with Crippen LogP contribution < -0.4 is 22.3 Å². The van der Waals surface area contributed by atoms with Gasteiger partial charge in [-0.25, -0.2) is 10.6 Å². The average molecular weight is 180 g/mol. The molecule has 70 valence electrons. The largest absolute Gasteiger partial charge is 0.333 e. The van der Waals surface area contributed by atoms with Crippen molar-refractivity contribution >= 4 is 11.7 Å². The molecule has 0 saturated heterocycles. The first-order chi connectivity index (χ1) is 6.26. The Hall–Kier alpha value is -1.59. The van der Waals surface area contributed by atoms with Crippen LogP contribution in [0.25, 0.3) is 0 Å². The number of amides is 2. The zero-order valence-corrected chi connectivity index (χ0v) is 7.08. The summed E-state index contributed by atoms with van der Waals surface area (Å²) >= 11 is 0. The number of urea groups is 1. The Kier molecular flexibility index (Phi) is 3.24. The topological polar surface area (TPSA) is 93.2 Å². The van der Waals surface area contributed by atoms with Gasteiger partial charge in [0.1, 0.15) is 0 Å². The molecule has 1 aromatic carbocycles. The van der Waals surface area contributed by atoms with Crippen molar-refractivity contribution in [3.05, 3.63) is 29.8 Å². The Morgan fingerprint density at radius 1 is 1.31 bits per heavy atom. The molecule has 0 saturated carbocycles. The molecule has 0 bridgehead atoms. The van der Waals surface area contributed by atoms with Gasteiger partial charge in [-0.1, -0.05) is 12.1 Å². The van der Waals surface area contributed by atoms with Crippen LogP contribution in [0.15, 0.2) is 24.3 Å². The lowest BCUT2D eigenvalue weighted by atomic mass is 10.2. The minimum Gasteiger partial charge on any atom is -0.326 e. The van der Waals surface area contributed by atoms with Crippen LogP contribution in [0.5, 0.6) is 0 Å². The minimum atomic E-state index is -0.444. The van der Waals surface area contributed by atoms with E-state index in [0.29, 0.717) is 12.2 Å². The first kappa shape index (κ1) is 9.50. The summed E-state index contributed by atoms with van der Waals surface area (Å²) in [6, 6.07) is 6.76. The number of rotatable bonds is 2. The third-order valence-corrected chi connectivity index (χ3v) is 1.58. The van der Waals surface area contributed by atoms with Gasteiger partial charge in [-0.2, -0.15) is 0 Å². The molecular weight excluding hydrogens is 168 g/mol. The lowest BCUT2D eigenvalue weighted by Crippen LogP contribution is -2.34. The zero-order chi connectivity index (χ0) is 9.68. The van der Waals surface area contributed by atoms with E-state index >= 15 is 0 Å². The van der Waals surface area contributed by atoms with Crippen LogP contribution in [0.1, 0.15) is 5.56 Å². The van der Waals surface area contributed by atoms with Crippen molar-refractivity contribution in [1.82, 2.24) is 5.43 Å². The molecule has 1 rings (SSSR count). The van der Waals surface area contributed by atoms with E-state index in [-0.39, 0.29) is 0 Å². The summed E-state index contributed by atoms with van der Waals surface area (Å²) in [4.78, 5) is 10.8. The Morgan fingerprint density at radius 3 is 2.38 bits per heavy atom. The Morgan fingerprint density at radius 2 is 1.92 bits per heavy atom. The highest BCUT2D eigenvalue weighted by molar-refractivity contribution is 5.88. The molecular formula is C8H12N4O. The van der Waals surface area contributed by atoms with Gasteiger partial charge in [-0.3, -0.25) is 5.43 Å². The molecule has 0 aliphatic rings. The average Bonchev–Trinajstić information content (AvgIpc) is 2.19. The fourth-order valence-electron chi connectivity index (χ4n) is 0.891. The fraction of sp³-hybridized carbons (Fsp3) is 0.125. The third kappa shape index (κ3) is 2.73. The summed E-state index contributed by atoms with van der Waals surface area (Å²) in [7, 11) is 0. The van der Waals surface area contributed by atoms with E-state index in [1.54, 1.807) is 12.1 Å². The summed E-state index contributed by atoms with van der Waals surface area (Å²) < 4.78 is 0. The molecule has 6 N–H and O–H groups in total. The molecule has 0 aliphatic carbocycles. The van der Waals surface area contributed by atoms with Crippen molar-refractivity contribution < 1.29 is 4.79 Å². The van der Waals surface area contributed by atoms with Crippen molar-refractivity contribution in [2.24, 2.45) is 11.6 Å². The number of anilines is 1. The van der Waals surface area contributed by atoms with Gasteiger partial charge in [0, 0.05) is 12.2 Å². The highest BCUT2D eigenvalue weighted by Crippen LogP contribution is 2.08. The van der Waals surface area contributed by atoms with E-state index < -0.39 is 6.03 Å². The van der Waals surface area contributed by atoms with E-state index in [2.05, 4.69) is 5.32 Å². The highest BCUT2D eigenvalue weighted by Gasteiger charge is 1.97. The monoisotopic (exact) mass is 180 g/mol. The van der Waals surface area contributed by atoms with Crippen LogP contribution in [-0.4, -0.2) is 6.03 Å². The van der Waals surface area contributed by atoms with Crippen LogP contribution in [0, 0.1) is 0 Å². The summed E-state index contributed by atoms with van der Waals surface area (Å²) in [5.74, 6) is 4.89. The second kappa shape index (κ2) is 4.44. The third-order valence-electron chi connectivity index (χ3n) is 1.58. The Balaban J connectivity index is 2.64. The quantitative estimate of drug-likeness (QED) is 0.296. The van der Waals surface area contributed by atoms with Gasteiger partial charge in [0.25, 0.3) is 0 Å². The van der Waals surface area contributed by atoms with Gasteiger partial charge in [0.2, 0.25) is 0 Å². The number of hydrazine groups is 1. The van der Waals surface area contributed by atoms with E-state index in [1.165, 1.54) is 0 Å². The maximum atomic E-state index is 10.8. The number of benzene rings is 1. The van der Waals surface area contributed by atoms with E-state index in [0.717, 1.165) is 5.56 Å². The second-order valence-corrected chi connectivity index (χ2v) is 2.50. The van der Waals surface area contributed by atoms with Gasteiger partial charge in [0.15, 0.2) is 0 Å². The number of hydrogen-bond donors (Lipinski definition) is 4. The lowest BCUT2D eigenvalue weighted by Gasteiger charge is -2.04. The normalized spacial score (nSPS) is 9.38. The number of nitrogens with two attached hydrogens (primary N) is 2. The van der Waals surface area contributed by atoms with E-state index in [9.17, 15) is 4.79 Å². The second-order valence-electron chi connectivity index (χ2n) is 2.50. The van der Waals surface area contributed by atoms with E-state index in [4.69, 9.17) is 11.6 Å². The van der Waals surface area contributed by atoms with Gasteiger partial charge in [-0.15, -0.1) is 0 Å². The number of carbonyl (C=O) groups is 1. The predicted molar refractivity (Wildman–Crippen MR) is 50.7 cm³/mol. The number of hydrogen-bond acceptors (Lipinski definition) is 3. The molecule has 0 aromatic heterocycles. The van der Waals surface area contributed by atoms with Crippen LogP contribution >= 0.6 is 0 Å². The van der Waals surface area contributed by atoms with Crippen molar-refractivity contribution in [2.75, 3.05) is 5.32 Å². The summed E-state index contributed by atoms with van der Waals surface area (Å²) in [6.45, 7) is 0.489. The molecule has 2 amide bonds. The summed E-state index contributed by atoms with van der Waals surface area (Å²) in [5.41, 5.74) is 9.07. The lowest BCUT2D eigenvalue weighted by molar-refractivity contribution is 0.252. The van der Waals surface area contributed by atoms with E-state index in [1.807, 2.05) is 17.6 Å².